The van der Waals surface area contributed by atoms with Crippen molar-refractivity contribution in [1.29, 1.82) is 0 Å². The largest absolute Gasteiger partial charge is 0.489 e. The first-order valence-electron chi connectivity index (χ1n) is 10.4. The van der Waals surface area contributed by atoms with Crippen LogP contribution < -0.4 is 21.1 Å². The van der Waals surface area contributed by atoms with E-state index in [1.165, 1.54) is 11.1 Å². The molecule has 30 heavy (non-hydrogen) atoms. The van der Waals surface area contributed by atoms with Crippen molar-refractivity contribution in [1.82, 2.24) is 10.6 Å². The van der Waals surface area contributed by atoms with E-state index in [1.807, 2.05) is 26.0 Å². The molecule has 6 nitrogen and oxygen atoms in total. The lowest BCUT2D eigenvalue weighted by molar-refractivity contribution is 0.0974. The number of hydrogen-bond donors (Lipinski definition) is 4. The first kappa shape index (κ1) is 21.9. The number of rotatable bonds is 9. The van der Waals surface area contributed by atoms with Crippen LogP contribution in [0.5, 0.6) is 5.75 Å². The zero-order chi connectivity index (χ0) is 21.7. The highest BCUT2D eigenvalue weighted by Gasteiger charge is 2.25. The van der Waals surface area contributed by atoms with Gasteiger partial charge in [0, 0.05) is 29.5 Å². The predicted octanol–water partition coefficient (Wildman–Crippen LogP) is 3.42. The lowest BCUT2D eigenvalue weighted by Crippen LogP contribution is -2.23. The molecule has 1 atom stereocenters. The first-order valence-corrected chi connectivity index (χ1v) is 10.4. The molecule has 160 valence electrons. The van der Waals surface area contributed by atoms with Crippen LogP contribution in [0.3, 0.4) is 0 Å². The minimum atomic E-state index is -0.254. The van der Waals surface area contributed by atoms with E-state index in [1.54, 1.807) is 18.2 Å². The van der Waals surface area contributed by atoms with Crippen LogP contribution in [-0.2, 0) is 6.42 Å². The molecule has 0 bridgehead atoms. The van der Waals surface area contributed by atoms with Gasteiger partial charge in [0.05, 0.1) is 11.8 Å². The third kappa shape index (κ3) is 5.01. The van der Waals surface area contributed by atoms with Gasteiger partial charge in [-0.25, -0.2) is 0 Å². The van der Waals surface area contributed by atoms with Gasteiger partial charge in [0.1, 0.15) is 5.75 Å². The number of aliphatic hydroxyl groups is 1. The molecule has 6 heteroatoms. The Kier molecular flexibility index (Phi) is 7.13. The molecule has 0 heterocycles. The van der Waals surface area contributed by atoms with Crippen molar-refractivity contribution in [2.45, 2.75) is 45.3 Å². The van der Waals surface area contributed by atoms with Crippen LogP contribution in [0, 0.1) is 0 Å². The molecule has 0 fully saturated rings. The van der Waals surface area contributed by atoms with Crippen molar-refractivity contribution < 1.29 is 14.6 Å². The van der Waals surface area contributed by atoms with E-state index in [0.29, 0.717) is 22.7 Å². The Morgan fingerprint density at radius 1 is 1.33 bits per heavy atom. The molecule has 1 aliphatic rings. The maximum atomic E-state index is 12.7. The quantitative estimate of drug-likeness (QED) is 0.376. The lowest BCUT2D eigenvalue weighted by Gasteiger charge is -2.16. The number of fused-ring (bicyclic) bond motifs is 1. The van der Waals surface area contributed by atoms with E-state index in [9.17, 15) is 4.79 Å². The summed E-state index contributed by atoms with van der Waals surface area (Å²) >= 11 is 0. The van der Waals surface area contributed by atoms with E-state index >= 15 is 0 Å². The fourth-order valence-corrected chi connectivity index (χ4v) is 3.83. The van der Waals surface area contributed by atoms with Gasteiger partial charge in [-0.2, -0.15) is 0 Å². The molecule has 2 aromatic rings. The molecule has 1 amide bonds. The second-order valence-corrected chi connectivity index (χ2v) is 7.85. The maximum absolute atomic E-state index is 12.7. The number of carbonyl (C=O) groups excluding carboxylic acids is 1. The van der Waals surface area contributed by atoms with Crippen molar-refractivity contribution in [3.05, 3.63) is 65.2 Å². The smallest absolute Gasteiger partial charge is 0.255 e. The lowest BCUT2D eigenvalue weighted by atomic mass is 10.00. The Labute approximate surface area is 178 Å². The zero-order valence-electron chi connectivity index (χ0n) is 17.7. The number of benzene rings is 2. The SMILES string of the molecule is C=C(NC(=O)c1ccc(OC(C)C)c(N)c1)c1cccc2c1CCC2NCCCO. The average molecular weight is 410 g/mol. The molecule has 3 rings (SSSR count). The van der Waals surface area contributed by atoms with E-state index in [-0.39, 0.29) is 24.7 Å². The van der Waals surface area contributed by atoms with Gasteiger partial charge < -0.3 is 26.2 Å². The van der Waals surface area contributed by atoms with E-state index in [0.717, 1.165) is 31.4 Å². The molecule has 1 aliphatic carbocycles. The van der Waals surface area contributed by atoms with Gasteiger partial charge in [-0.3, -0.25) is 4.79 Å². The Bertz CT molecular complexity index is 924. The molecule has 0 aromatic heterocycles. The van der Waals surface area contributed by atoms with E-state index in [2.05, 4.69) is 23.3 Å². The number of nitrogen functional groups attached to an aromatic ring is 1. The minimum absolute atomic E-state index is 0.00823. The summed E-state index contributed by atoms with van der Waals surface area (Å²) in [6.45, 7) is 8.92. The van der Waals surface area contributed by atoms with Crippen LogP contribution in [0.15, 0.2) is 43.0 Å². The summed E-state index contributed by atoms with van der Waals surface area (Å²) in [5, 5.41) is 15.4. The highest BCUT2D eigenvalue weighted by atomic mass is 16.5. The monoisotopic (exact) mass is 409 g/mol. The van der Waals surface area contributed by atoms with Crippen molar-refractivity contribution in [3.63, 3.8) is 0 Å². The zero-order valence-corrected chi connectivity index (χ0v) is 17.7. The van der Waals surface area contributed by atoms with Gasteiger partial charge in [0.25, 0.3) is 5.91 Å². The molecule has 1 unspecified atom stereocenters. The Morgan fingerprint density at radius 3 is 2.83 bits per heavy atom. The molecular weight excluding hydrogens is 378 g/mol. The number of aliphatic hydroxyl groups excluding tert-OH is 1. The molecule has 0 saturated carbocycles. The normalized spacial score (nSPS) is 15.1. The topological polar surface area (TPSA) is 96.6 Å². The standard InChI is InChI=1S/C24H31N3O3/c1-15(2)30-23-11-8-17(14-21(23)25)24(29)27-16(3)18-6-4-7-20-19(18)9-10-22(20)26-12-5-13-28/h4,6-8,11,14-15,22,26,28H,3,5,9-10,12-13,25H2,1-2H3,(H,27,29). The van der Waals surface area contributed by atoms with Crippen LogP contribution in [0.2, 0.25) is 0 Å². The highest BCUT2D eigenvalue weighted by Crippen LogP contribution is 2.35. The molecular formula is C24H31N3O3. The summed E-state index contributed by atoms with van der Waals surface area (Å²) in [7, 11) is 0. The van der Waals surface area contributed by atoms with E-state index in [4.69, 9.17) is 15.6 Å². The predicted molar refractivity (Wildman–Crippen MR) is 120 cm³/mol. The van der Waals surface area contributed by atoms with Crippen LogP contribution in [-0.4, -0.2) is 30.3 Å². The third-order valence-corrected chi connectivity index (χ3v) is 5.22. The van der Waals surface area contributed by atoms with Gasteiger partial charge in [-0.15, -0.1) is 0 Å². The van der Waals surface area contributed by atoms with E-state index < -0.39 is 0 Å². The van der Waals surface area contributed by atoms with Crippen LogP contribution in [0.25, 0.3) is 5.70 Å². The molecule has 0 saturated heterocycles. The number of nitrogens with two attached hydrogens (primary N) is 1. The Hall–Kier alpha value is -2.83. The fraction of sp³-hybridized carbons (Fsp3) is 0.375. The number of carbonyl (C=O) groups is 1. The minimum Gasteiger partial charge on any atom is -0.489 e. The molecule has 0 spiro atoms. The Balaban J connectivity index is 1.71. The Morgan fingerprint density at radius 2 is 2.13 bits per heavy atom. The number of ether oxygens (including phenoxy) is 1. The highest BCUT2D eigenvalue weighted by molar-refractivity contribution is 6.00. The molecule has 0 radical (unpaired) electrons. The number of anilines is 1. The number of nitrogens with one attached hydrogen (secondary N) is 2. The van der Waals surface area contributed by atoms with Gasteiger partial charge in [0.2, 0.25) is 0 Å². The summed E-state index contributed by atoms with van der Waals surface area (Å²) in [5.41, 5.74) is 10.9. The molecule has 0 aliphatic heterocycles. The van der Waals surface area contributed by atoms with Crippen molar-refractivity contribution in [3.8, 4) is 5.75 Å². The summed E-state index contributed by atoms with van der Waals surface area (Å²) in [5.74, 6) is 0.317. The van der Waals surface area contributed by atoms with Crippen molar-refractivity contribution in [2.24, 2.45) is 0 Å². The second-order valence-electron chi connectivity index (χ2n) is 7.85. The van der Waals surface area contributed by atoms with Gasteiger partial charge in [-0.1, -0.05) is 24.8 Å². The average Bonchev–Trinajstić information content (AvgIpc) is 3.12. The summed E-state index contributed by atoms with van der Waals surface area (Å²) < 4.78 is 5.63. The first-order chi connectivity index (χ1) is 14.4. The molecule has 2 aromatic carbocycles. The summed E-state index contributed by atoms with van der Waals surface area (Å²) in [6, 6.07) is 11.4. The maximum Gasteiger partial charge on any atom is 0.255 e. The second kappa shape index (κ2) is 9.78. The third-order valence-electron chi connectivity index (χ3n) is 5.22. The summed E-state index contributed by atoms with van der Waals surface area (Å²) in [6.07, 6.45) is 2.66. The van der Waals surface area contributed by atoms with Gasteiger partial charge >= 0.3 is 0 Å². The molecule has 5 N–H and O–H groups in total. The number of hydrogen-bond acceptors (Lipinski definition) is 5. The number of amides is 1. The summed E-state index contributed by atoms with van der Waals surface area (Å²) in [4.78, 5) is 12.7. The van der Waals surface area contributed by atoms with Crippen molar-refractivity contribution in [2.75, 3.05) is 18.9 Å². The fourth-order valence-electron chi connectivity index (χ4n) is 3.83. The van der Waals surface area contributed by atoms with Gasteiger partial charge in [0.15, 0.2) is 0 Å². The van der Waals surface area contributed by atoms with Crippen LogP contribution in [0.1, 0.15) is 59.8 Å². The van der Waals surface area contributed by atoms with Crippen LogP contribution >= 0.6 is 0 Å². The van der Waals surface area contributed by atoms with Crippen molar-refractivity contribution >= 4 is 17.3 Å². The van der Waals surface area contributed by atoms with Crippen LogP contribution in [0.4, 0.5) is 5.69 Å². The van der Waals surface area contributed by atoms with Gasteiger partial charge in [-0.05, 0) is 69.0 Å².